The zero-order valence-corrected chi connectivity index (χ0v) is 20.1. The lowest BCUT2D eigenvalue weighted by Gasteiger charge is -2.26. The number of hydrogen-bond acceptors (Lipinski definition) is 3. The van der Waals surface area contributed by atoms with Crippen LogP contribution in [0.4, 0.5) is 10.5 Å². The summed E-state index contributed by atoms with van der Waals surface area (Å²) < 4.78 is 2.01. The quantitative estimate of drug-likeness (QED) is 0.275. The molecule has 1 fully saturated rings. The first-order valence-corrected chi connectivity index (χ1v) is 11.6. The second-order valence-electron chi connectivity index (χ2n) is 8.27. The predicted molar refractivity (Wildman–Crippen MR) is 138 cm³/mol. The monoisotopic (exact) mass is 503 g/mol. The fourth-order valence-electron chi connectivity index (χ4n) is 4.10. The number of hydrogen-bond donors (Lipinski definition) is 1. The SMILES string of the molecule is Cc1ccc(N2C(=O)NC(=O)/C(=C\c3cn(Cc4ccc(Cl)c(Cl)c4)c4ccccc34)C2=O)cc1. The van der Waals surface area contributed by atoms with Gasteiger partial charge < -0.3 is 4.57 Å². The maximum absolute atomic E-state index is 13.3. The molecule has 0 radical (unpaired) electrons. The Kier molecular flexibility index (Phi) is 5.93. The van der Waals surface area contributed by atoms with Gasteiger partial charge in [-0.1, -0.05) is 65.2 Å². The average Bonchev–Trinajstić information content (AvgIpc) is 3.17. The molecular formula is C27H19Cl2N3O3. The first-order valence-electron chi connectivity index (χ1n) is 10.8. The van der Waals surface area contributed by atoms with Crippen LogP contribution in [0.1, 0.15) is 16.7 Å². The first kappa shape index (κ1) is 22.9. The van der Waals surface area contributed by atoms with Crippen molar-refractivity contribution in [3.63, 3.8) is 0 Å². The van der Waals surface area contributed by atoms with Gasteiger partial charge in [-0.25, -0.2) is 9.69 Å². The number of aromatic nitrogens is 1. The van der Waals surface area contributed by atoms with E-state index in [0.717, 1.165) is 26.9 Å². The van der Waals surface area contributed by atoms with Gasteiger partial charge in [-0.05, 0) is 48.9 Å². The summed E-state index contributed by atoms with van der Waals surface area (Å²) in [5.41, 5.74) is 3.79. The van der Waals surface area contributed by atoms with Gasteiger partial charge in [0.25, 0.3) is 11.8 Å². The molecule has 0 spiro atoms. The lowest BCUT2D eigenvalue weighted by atomic mass is 10.1. The Balaban J connectivity index is 1.56. The molecule has 3 aromatic carbocycles. The van der Waals surface area contributed by atoms with E-state index < -0.39 is 17.8 Å². The molecule has 8 heteroatoms. The van der Waals surface area contributed by atoms with E-state index in [4.69, 9.17) is 23.2 Å². The summed E-state index contributed by atoms with van der Waals surface area (Å²) in [6.45, 7) is 2.42. The van der Waals surface area contributed by atoms with Crippen molar-refractivity contribution < 1.29 is 14.4 Å². The smallest absolute Gasteiger partial charge is 0.335 e. The van der Waals surface area contributed by atoms with Gasteiger partial charge in [0, 0.05) is 29.2 Å². The Labute approximate surface area is 211 Å². The molecule has 0 saturated carbocycles. The van der Waals surface area contributed by atoms with E-state index in [-0.39, 0.29) is 5.57 Å². The number of benzene rings is 3. The van der Waals surface area contributed by atoms with E-state index in [1.165, 1.54) is 6.08 Å². The van der Waals surface area contributed by atoms with Gasteiger partial charge in [0.15, 0.2) is 0 Å². The summed E-state index contributed by atoms with van der Waals surface area (Å²) >= 11 is 12.2. The molecule has 1 aliphatic heterocycles. The Hall–Kier alpha value is -3.87. The lowest BCUT2D eigenvalue weighted by molar-refractivity contribution is -0.122. The van der Waals surface area contributed by atoms with E-state index >= 15 is 0 Å². The Morgan fingerprint density at radius 3 is 2.40 bits per heavy atom. The maximum Gasteiger partial charge on any atom is 0.335 e. The molecule has 1 aromatic heterocycles. The van der Waals surface area contributed by atoms with Gasteiger partial charge >= 0.3 is 6.03 Å². The van der Waals surface area contributed by atoms with Crippen LogP contribution in [-0.2, 0) is 16.1 Å². The van der Waals surface area contributed by atoms with Gasteiger partial charge in [-0.15, -0.1) is 0 Å². The highest BCUT2D eigenvalue weighted by molar-refractivity contribution is 6.42. The van der Waals surface area contributed by atoms with Crippen LogP contribution in [0.5, 0.6) is 0 Å². The molecule has 5 rings (SSSR count). The highest BCUT2D eigenvalue weighted by Crippen LogP contribution is 2.28. The maximum atomic E-state index is 13.3. The summed E-state index contributed by atoms with van der Waals surface area (Å²) in [4.78, 5) is 39.4. The molecular weight excluding hydrogens is 485 g/mol. The number of fused-ring (bicyclic) bond motifs is 1. The van der Waals surface area contributed by atoms with Crippen LogP contribution >= 0.6 is 23.2 Å². The summed E-state index contributed by atoms with van der Waals surface area (Å²) in [6.07, 6.45) is 3.40. The number of para-hydroxylation sites is 1. The zero-order chi connectivity index (χ0) is 24.7. The molecule has 2 heterocycles. The highest BCUT2D eigenvalue weighted by Gasteiger charge is 2.37. The summed E-state index contributed by atoms with van der Waals surface area (Å²) in [5, 5.41) is 4.08. The van der Waals surface area contributed by atoms with Crippen molar-refractivity contribution in [3.05, 3.63) is 105 Å². The zero-order valence-electron chi connectivity index (χ0n) is 18.6. The minimum absolute atomic E-state index is 0.123. The van der Waals surface area contributed by atoms with Crippen LogP contribution < -0.4 is 10.2 Å². The third-order valence-electron chi connectivity index (χ3n) is 5.85. The van der Waals surface area contributed by atoms with Crippen LogP contribution in [0.2, 0.25) is 10.0 Å². The van der Waals surface area contributed by atoms with Gasteiger partial charge in [0.05, 0.1) is 15.7 Å². The molecule has 174 valence electrons. The second kappa shape index (κ2) is 9.06. The normalized spacial score (nSPS) is 15.2. The van der Waals surface area contributed by atoms with E-state index in [1.54, 1.807) is 36.4 Å². The van der Waals surface area contributed by atoms with Crippen LogP contribution in [-0.4, -0.2) is 22.4 Å². The molecule has 0 bridgehead atoms. The minimum Gasteiger partial charge on any atom is -0.342 e. The summed E-state index contributed by atoms with van der Waals surface area (Å²) in [7, 11) is 0. The number of anilines is 1. The van der Waals surface area contributed by atoms with Crippen LogP contribution in [0.15, 0.2) is 78.5 Å². The lowest BCUT2D eigenvalue weighted by Crippen LogP contribution is -2.54. The molecule has 1 N–H and O–H groups in total. The molecule has 0 aliphatic carbocycles. The standard InChI is InChI=1S/C27H19Cl2N3O3/c1-16-6-9-19(10-7-16)32-26(34)21(25(33)30-27(32)35)13-18-15-31(24-5-3-2-4-20(18)24)14-17-8-11-22(28)23(29)12-17/h2-13,15H,14H2,1H3,(H,30,33,35)/b21-13+. The fourth-order valence-corrected chi connectivity index (χ4v) is 4.42. The van der Waals surface area contributed by atoms with Crippen LogP contribution in [0.25, 0.3) is 17.0 Å². The van der Waals surface area contributed by atoms with Gasteiger partial charge in [-0.3, -0.25) is 14.9 Å². The third-order valence-corrected chi connectivity index (χ3v) is 6.59. The number of imide groups is 2. The molecule has 4 amide bonds. The van der Waals surface area contributed by atoms with E-state index in [2.05, 4.69) is 5.32 Å². The third kappa shape index (κ3) is 4.34. The molecule has 35 heavy (non-hydrogen) atoms. The van der Waals surface area contributed by atoms with Crippen molar-refractivity contribution in [2.45, 2.75) is 13.5 Å². The number of nitrogens with one attached hydrogen (secondary N) is 1. The first-order chi connectivity index (χ1) is 16.8. The molecule has 0 atom stereocenters. The van der Waals surface area contributed by atoms with E-state index in [0.29, 0.717) is 27.8 Å². The number of halogens is 2. The number of rotatable bonds is 4. The number of carbonyl (C=O) groups is 3. The predicted octanol–water partition coefficient (Wildman–Crippen LogP) is 5.97. The van der Waals surface area contributed by atoms with Crippen molar-refractivity contribution >= 4 is 63.7 Å². The number of nitrogens with zero attached hydrogens (tertiary/aromatic N) is 2. The highest BCUT2D eigenvalue weighted by atomic mass is 35.5. The number of carbonyl (C=O) groups excluding carboxylic acids is 3. The van der Waals surface area contributed by atoms with Crippen LogP contribution in [0.3, 0.4) is 0 Å². The van der Waals surface area contributed by atoms with Crippen molar-refractivity contribution in [1.29, 1.82) is 0 Å². The van der Waals surface area contributed by atoms with Crippen molar-refractivity contribution in [2.75, 3.05) is 4.90 Å². The molecule has 6 nitrogen and oxygen atoms in total. The number of amides is 4. The average molecular weight is 504 g/mol. The van der Waals surface area contributed by atoms with E-state index in [1.807, 2.05) is 48.0 Å². The minimum atomic E-state index is -0.775. The topological polar surface area (TPSA) is 71.4 Å². The van der Waals surface area contributed by atoms with Crippen molar-refractivity contribution in [2.24, 2.45) is 0 Å². The molecule has 0 unspecified atom stereocenters. The second-order valence-corrected chi connectivity index (χ2v) is 9.09. The molecule has 1 aliphatic rings. The van der Waals surface area contributed by atoms with Gasteiger partial charge in [0.2, 0.25) is 0 Å². The fraction of sp³-hybridized carbons (Fsp3) is 0.0741. The number of barbiturate groups is 1. The Bertz CT molecular complexity index is 1540. The van der Waals surface area contributed by atoms with Gasteiger partial charge in [-0.2, -0.15) is 0 Å². The van der Waals surface area contributed by atoms with E-state index in [9.17, 15) is 14.4 Å². The molecule has 4 aromatic rings. The number of urea groups is 1. The Morgan fingerprint density at radius 1 is 0.914 bits per heavy atom. The van der Waals surface area contributed by atoms with Crippen molar-refractivity contribution in [1.82, 2.24) is 9.88 Å². The molecule has 1 saturated heterocycles. The summed E-state index contributed by atoms with van der Waals surface area (Å²) in [5.74, 6) is -1.41. The van der Waals surface area contributed by atoms with Crippen molar-refractivity contribution in [3.8, 4) is 0 Å². The summed E-state index contributed by atoms with van der Waals surface area (Å²) in [6, 6.07) is 19.3. The van der Waals surface area contributed by atoms with Gasteiger partial charge in [0.1, 0.15) is 5.57 Å². The Morgan fingerprint density at radius 2 is 1.66 bits per heavy atom. The van der Waals surface area contributed by atoms with Crippen LogP contribution in [0, 0.1) is 6.92 Å². The largest absolute Gasteiger partial charge is 0.342 e. The number of aryl methyl sites for hydroxylation is 1.